The SMILES string of the molecule is Cc1ccc(S(=O)(=O)Oc2ccccc2C2C3=C(CCCC3=O)N(C)C3=C2C(=O)CCC3)cc1. The molecule has 3 aliphatic rings. The molecule has 34 heavy (non-hydrogen) atoms. The minimum Gasteiger partial charge on any atom is -0.379 e. The van der Waals surface area contributed by atoms with Gasteiger partial charge in [-0.15, -0.1) is 0 Å². The van der Waals surface area contributed by atoms with E-state index in [9.17, 15) is 18.0 Å². The van der Waals surface area contributed by atoms with E-state index in [0.29, 0.717) is 29.6 Å². The topological polar surface area (TPSA) is 80.8 Å². The third-order valence-corrected chi connectivity index (χ3v) is 8.23. The predicted octanol–water partition coefficient (Wildman–Crippen LogP) is 4.81. The van der Waals surface area contributed by atoms with E-state index in [2.05, 4.69) is 0 Å². The molecule has 0 unspecified atom stereocenters. The third kappa shape index (κ3) is 3.78. The van der Waals surface area contributed by atoms with Crippen molar-refractivity contribution in [1.29, 1.82) is 0 Å². The average Bonchev–Trinajstić information content (AvgIpc) is 2.81. The highest BCUT2D eigenvalue weighted by atomic mass is 32.2. The molecule has 0 saturated heterocycles. The van der Waals surface area contributed by atoms with Crippen LogP contribution in [0.4, 0.5) is 0 Å². The van der Waals surface area contributed by atoms with Crippen LogP contribution in [-0.2, 0) is 19.7 Å². The van der Waals surface area contributed by atoms with Crippen LogP contribution in [0.25, 0.3) is 0 Å². The Hall–Kier alpha value is -3.19. The highest BCUT2D eigenvalue weighted by molar-refractivity contribution is 7.87. The Kier molecular flexibility index (Phi) is 5.68. The lowest BCUT2D eigenvalue weighted by Crippen LogP contribution is -2.37. The highest BCUT2D eigenvalue weighted by Gasteiger charge is 2.43. The molecule has 0 spiro atoms. The first-order valence-electron chi connectivity index (χ1n) is 11.6. The summed E-state index contributed by atoms with van der Waals surface area (Å²) in [5, 5.41) is 0. The van der Waals surface area contributed by atoms with E-state index in [1.165, 1.54) is 12.1 Å². The Morgan fingerprint density at radius 3 is 1.97 bits per heavy atom. The second-order valence-corrected chi connectivity index (χ2v) is 10.7. The van der Waals surface area contributed by atoms with Gasteiger partial charge >= 0.3 is 10.1 Å². The number of rotatable bonds is 4. The molecule has 2 aliphatic carbocycles. The quantitative estimate of drug-likeness (QED) is 0.588. The van der Waals surface area contributed by atoms with Crippen LogP contribution in [0.15, 0.2) is 76.0 Å². The largest absolute Gasteiger partial charge is 0.379 e. The maximum atomic E-state index is 13.2. The number of para-hydroxylation sites is 1. The van der Waals surface area contributed by atoms with Crippen molar-refractivity contribution >= 4 is 21.7 Å². The summed E-state index contributed by atoms with van der Waals surface area (Å²) in [6, 6.07) is 13.3. The highest BCUT2D eigenvalue weighted by Crippen LogP contribution is 2.50. The lowest BCUT2D eigenvalue weighted by atomic mass is 9.71. The second-order valence-electron chi connectivity index (χ2n) is 9.15. The summed E-state index contributed by atoms with van der Waals surface area (Å²) in [6.45, 7) is 1.88. The fourth-order valence-corrected chi connectivity index (χ4v) is 6.28. The van der Waals surface area contributed by atoms with Crippen molar-refractivity contribution in [3.8, 4) is 5.75 Å². The van der Waals surface area contributed by atoms with E-state index in [1.54, 1.807) is 36.4 Å². The minimum atomic E-state index is -4.10. The maximum Gasteiger partial charge on any atom is 0.339 e. The molecule has 2 aromatic rings. The second kappa shape index (κ2) is 8.55. The van der Waals surface area contributed by atoms with Crippen molar-refractivity contribution in [1.82, 2.24) is 4.90 Å². The molecule has 2 aromatic carbocycles. The molecule has 1 heterocycles. The van der Waals surface area contributed by atoms with Crippen LogP contribution in [0, 0.1) is 6.92 Å². The van der Waals surface area contributed by atoms with Gasteiger partial charge in [0.2, 0.25) is 0 Å². The first-order valence-corrected chi connectivity index (χ1v) is 13.0. The number of aryl methyl sites for hydroxylation is 1. The smallest absolute Gasteiger partial charge is 0.339 e. The molecule has 0 N–H and O–H groups in total. The number of nitrogens with zero attached hydrogens (tertiary/aromatic N) is 1. The molecule has 6 nitrogen and oxygen atoms in total. The van der Waals surface area contributed by atoms with Crippen LogP contribution in [0.5, 0.6) is 5.75 Å². The summed E-state index contributed by atoms with van der Waals surface area (Å²) in [4.78, 5) is 28.5. The van der Waals surface area contributed by atoms with E-state index in [-0.39, 0.29) is 22.2 Å². The Balaban J connectivity index is 1.66. The molecular weight excluding hydrogens is 450 g/mol. The number of ketones is 2. The molecule has 5 rings (SSSR count). The summed E-state index contributed by atoms with van der Waals surface area (Å²) in [5.41, 5.74) is 4.56. The third-order valence-electron chi connectivity index (χ3n) is 6.98. The van der Waals surface area contributed by atoms with Gasteiger partial charge < -0.3 is 9.08 Å². The molecule has 176 valence electrons. The van der Waals surface area contributed by atoms with Gasteiger partial charge in [-0.25, -0.2) is 0 Å². The molecule has 0 saturated carbocycles. The summed E-state index contributed by atoms with van der Waals surface area (Å²) in [5.74, 6) is -0.447. The zero-order valence-electron chi connectivity index (χ0n) is 19.3. The molecule has 0 atom stereocenters. The number of hydrogen-bond donors (Lipinski definition) is 0. The minimum absolute atomic E-state index is 0.0132. The molecule has 0 fully saturated rings. The van der Waals surface area contributed by atoms with Crippen molar-refractivity contribution in [2.75, 3.05) is 7.05 Å². The van der Waals surface area contributed by atoms with Crippen molar-refractivity contribution in [3.05, 3.63) is 82.2 Å². The number of carbonyl (C=O) groups excluding carboxylic acids is 2. The van der Waals surface area contributed by atoms with Gasteiger partial charge in [-0.2, -0.15) is 8.42 Å². The maximum absolute atomic E-state index is 13.2. The van der Waals surface area contributed by atoms with Gasteiger partial charge in [0.15, 0.2) is 11.6 Å². The van der Waals surface area contributed by atoms with E-state index in [4.69, 9.17) is 4.18 Å². The molecular formula is C27H27NO5S. The van der Waals surface area contributed by atoms with Crippen molar-refractivity contribution in [2.24, 2.45) is 0 Å². The van der Waals surface area contributed by atoms with Gasteiger partial charge in [0.1, 0.15) is 10.6 Å². The summed E-state index contributed by atoms with van der Waals surface area (Å²) >= 11 is 0. The molecule has 0 aromatic heterocycles. The molecule has 0 radical (unpaired) electrons. The number of carbonyl (C=O) groups is 2. The number of Topliss-reactive ketones (excluding diaryl/α,β-unsaturated/α-hetero) is 2. The van der Waals surface area contributed by atoms with Gasteiger partial charge in [0.25, 0.3) is 0 Å². The van der Waals surface area contributed by atoms with Crippen LogP contribution in [-0.4, -0.2) is 31.9 Å². The Morgan fingerprint density at radius 2 is 1.38 bits per heavy atom. The van der Waals surface area contributed by atoms with E-state index < -0.39 is 16.0 Å². The van der Waals surface area contributed by atoms with Gasteiger partial charge in [0, 0.05) is 53.9 Å². The number of allylic oxidation sites excluding steroid dienone is 4. The van der Waals surface area contributed by atoms with Gasteiger partial charge in [-0.05, 0) is 50.8 Å². The normalized spacial score (nSPS) is 19.3. The fourth-order valence-electron chi connectivity index (χ4n) is 5.33. The van der Waals surface area contributed by atoms with E-state index in [1.807, 2.05) is 18.9 Å². The van der Waals surface area contributed by atoms with Gasteiger partial charge in [-0.1, -0.05) is 35.9 Å². The van der Waals surface area contributed by atoms with Gasteiger partial charge in [0.05, 0.1) is 0 Å². The van der Waals surface area contributed by atoms with E-state index in [0.717, 1.165) is 42.6 Å². The van der Waals surface area contributed by atoms with Crippen LogP contribution < -0.4 is 4.18 Å². The number of benzene rings is 2. The van der Waals surface area contributed by atoms with Gasteiger partial charge in [-0.3, -0.25) is 9.59 Å². The summed E-state index contributed by atoms with van der Waals surface area (Å²) in [7, 11) is -2.17. The van der Waals surface area contributed by atoms with Crippen molar-refractivity contribution < 1.29 is 22.2 Å². The predicted molar refractivity (Wildman–Crippen MR) is 128 cm³/mol. The van der Waals surface area contributed by atoms with Crippen molar-refractivity contribution in [2.45, 2.75) is 56.3 Å². The van der Waals surface area contributed by atoms with Crippen LogP contribution in [0.2, 0.25) is 0 Å². The van der Waals surface area contributed by atoms with E-state index >= 15 is 0 Å². The molecule has 7 heteroatoms. The first kappa shape index (κ1) is 22.6. The molecule has 1 aliphatic heterocycles. The first-order chi connectivity index (χ1) is 16.3. The fraction of sp³-hybridized carbons (Fsp3) is 0.333. The summed E-state index contributed by atoms with van der Waals surface area (Å²) < 4.78 is 31.9. The van der Waals surface area contributed by atoms with Crippen LogP contribution in [0.3, 0.4) is 0 Å². The lowest BCUT2D eigenvalue weighted by Gasteiger charge is -2.42. The van der Waals surface area contributed by atoms with Crippen LogP contribution in [0.1, 0.15) is 55.6 Å². The zero-order valence-corrected chi connectivity index (χ0v) is 20.2. The Bertz CT molecular complexity index is 1310. The lowest BCUT2D eigenvalue weighted by molar-refractivity contribution is -0.117. The standard InChI is InChI=1S/C27H27NO5S/c1-17-13-15-18(16-14-17)34(31,32)33-24-12-4-3-7-19(24)25-26-20(8-5-10-22(26)29)28(2)21-9-6-11-23(30)27(21)25/h3-4,7,12-16,25H,5-6,8-11H2,1-2H3. The van der Waals surface area contributed by atoms with Crippen LogP contribution >= 0.6 is 0 Å². The monoisotopic (exact) mass is 477 g/mol. The molecule has 0 amide bonds. The Morgan fingerprint density at radius 1 is 0.824 bits per heavy atom. The zero-order chi connectivity index (χ0) is 24.0. The average molecular weight is 478 g/mol. The summed E-state index contributed by atoms with van der Waals surface area (Å²) in [6.07, 6.45) is 3.89. The molecule has 0 bridgehead atoms. The number of hydrogen-bond acceptors (Lipinski definition) is 6. The Labute approximate surface area is 200 Å². The van der Waals surface area contributed by atoms with Crippen molar-refractivity contribution in [3.63, 3.8) is 0 Å².